The van der Waals surface area contributed by atoms with Crippen LogP contribution in [0.25, 0.3) is 0 Å². The lowest BCUT2D eigenvalue weighted by atomic mass is 10.1. The number of benzene rings is 4. The highest BCUT2D eigenvalue weighted by Gasteiger charge is 2.22. The highest BCUT2D eigenvalue weighted by atomic mass is 32.2. The van der Waals surface area contributed by atoms with Gasteiger partial charge in [0.1, 0.15) is 10.6 Å². The first-order valence-electron chi connectivity index (χ1n) is 10.5. The molecule has 0 aromatic heterocycles. The summed E-state index contributed by atoms with van der Waals surface area (Å²) >= 11 is 0. The van der Waals surface area contributed by atoms with Gasteiger partial charge in [-0.1, -0.05) is 66.7 Å². The largest absolute Gasteiger partial charge is 0.454 e. The van der Waals surface area contributed by atoms with Crippen LogP contribution in [-0.4, -0.2) is 8.42 Å². The lowest BCUT2D eigenvalue weighted by Gasteiger charge is -2.18. The van der Waals surface area contributed by atoms with E-state index < -0.39 is 10.0 Å². The molecule has 4 rings (SSSR count). The number of hydrogen-bond donors (Lipinski definition) is 3. The van der Waals surface area contributed by atoms with Crippen molar-refractivity contribution in [2.24, 2.45) is 5.14 Å². The van der Waals surface area contributed by atoms with Crippen molar-refractivity contribution in [3.8, 4) is 11.5 Å². The summed E-state index contributed by atoms with van der Waals surface area (Å²) in [5.41, 5.74) is 3.27. The summed E-state index contributed by atoms with van der Waals surface area (Å²) in [6, 6.07) is 32.0. The van der Waals surface area contributed by atoms with Crippen LogP contribution in [0.1, 0.15) is 11.1 Å². The van der Waals surface area contributed by atoms with Gasteiger partial charge < -0.3 is 15.4 Å². The third-order valence-corrected chi connectivity index (χ3v) is 5.90. The summed E-state index contributed by atoms with van der Waals surface area (Å²) in [5.74, 6) is 0.684. The van der Waals surface area contributed by atoms with Crippen LogP contribution in [0.15, 0.2) is 108 Å². The highest BCUT2D eigenvalue weighted by Crippen LogP contribution is 2.37. The van der Waals surface area contributed by atoms with Crippen LogP contribution in [0.2, 0.25) is 0 Å². The molecule has 0 saturated heterocycles. The van der Waals surface area contributed by atoms with Crippen molar-refractivity contribution in [1.29, 1.82) is 0 Å². The van der Waals surface area contributed by atoms with E-state index in [0.717, 1.165) is 16.8 Å². The maximum atomic E-state index is 12.5. The van der Waals surface area contributed by atoms with Gasteiger partial charge in [-0.3, -0.25) is 0 Å². The van der Waals surface area contributed by atoms with Crippen LogP contribution < -0.4 is 20.5 Å². The lowest BCUT2D eigenvalue weighted by molar-refractivity contribution is 0.469. The molecule has 0 unspecified atom stereocenters. The zero-order valence-electron chi connectivity index (χ0n) is 17.9. The Balaban J connectivity index is 1.72. The van der Waals surface area contributed by atoms with Crippen molar-refractivity contribution in [2.45, 2.75) is 18.0 Å². The van der Waals surface area contributed by atoms with E-state index in [1.807, 2.05) is 84.9 Å². The van der Waals surface area contributed by atoms with Crippen LogP contribution in [0, 0.1) is 0 Å². The SMILES string of the molecule is NS(=O)(=O)c1cc(CNc2ccccc2)cc(NCc2ccccc2)c1Oc1ccccc1. The number of ether oxygens (including phenoxy) is 1. The quantitative estimate of drug-likeness (QED) is 0.314. The van der Waals surface area contributed by atoms with Gasteiger partial charge in [0.2, 0.25) is 10.0 Å². The molecule has 0 aliphatic carbocycles. The van der Waals surface area contributed by atoms with E-state index in [2.05, 4.69) is 10.6 Å². The smallest absolute Gasteiger partial charge is 0.241 e. The summed E-state index contributed by atoms with van der Waals surface area (Å²) in [6.07, 6.45) is 0. The molecule has 0 fully saturated rings. The molecule has 4 N–H and O–H groups in total. The number of nitrogens with one attached hydrogen (secondary N) is 2. The molecular weight excluding hydrogens is 434 g/mol. The van der Waals surface area contributed by atoms with Crippen LogP contribution in [0.3, 0.4) is 0 Å². The van der Waals surface area contributed by atoms with Gasteiger partial charge in [-0.05, 0) is 47.5 Å². The first kappa shape index (κ1) is 22.4. The van der Waals surface area contributed by atoms with Gasteiger partial charge in [-0.15, -0.1) is 0 Å². The van der Waals surface area contributed by atoms with Crippen molar-refractivity contribution in [3.63, 3.8) is 0 Å². The average molecular weight is 460 g/mol. The number of primary sulfonamides is 1. The Morgan fingerprint density at radius 1 is 0.697 bits per heavy atom. The third kappa shape index (κ3) is 6.12. The van der Waals surface area contributed by atoms with E-state index >= 15 is 0 Å². The molecule has 0 radical (unpaired) electrons. The molecule has 0 saturated carbocycles. The van der Waals surface area contributed by atoms with Crippen molar-refractivity contribution in [1.82, 2.24) is 0 Å². The molecule has 0 amide bonds. The summed E-state index contributed by atoms with van der Waals surface area (Å²) in [7, 11) is -4.06. The first-order chi connectivity index (χ1) is 16.0. The van der Waals surface area contributed by atoms with Gasteiger partial charge in [-0.25, -0.2) is 13.6 Å². The van der Waals surface area contributed by atoms with E-state index in [9.17, 15) is 8.42 Å². The summed E-state index contributed by atoms with van der Waals surface area (Å²) in [5, 5.41) is 12.2. The van der Waals surface area contributed by atoms with Crippen molar-refractivity contribution in [3.05, 3.63) is 114 Å². The number of sulfonamides is 1. The van der Waals surface area contributed by atoms with E-state index in [0.29, 0.717) is 24.5 Å². The first-order valence-corrected chi connectivity index (χ1v) is 12.0. The molecule has 0 aliphatic heterocycles. The predicted octanol–water partition coefficient (Wildman–Crippen LogP) is 5.35. The highest BCUT2D eigenvalue weighted by molar-refractivity contribution is 7.89. The van der Waals surface area contributed by atoms with Gasteiger partial charge in [-0.2, -0.15) is 0 Å². The van der Waals surface area contributed by atoms with Crippen molar-refractivity contribution >= 4 is 21.4 Å². The predicted molar refractivity (Wildman–Crippen MR) is 132 cm³/mol. The molecule has 0 aliphatic rings. The van der Waals surface area contributed by atoms with Gasteiger partial charge in [0.15, 0.2) is 5.75 Å². The second-order valence-electron chi connectivity index (χ2n) is 7.49. The standard InChI is InChI=1S/C26H25N3O3S/c27-33(30,31)25-17-21(19-28-22-12-6-2-7-13-22)16-24(29-18-20-10-4-1-5-11-20)26(25)32-23-14-8-3-9-15-23/h1-17,28-29H,18-19H2,(H2,27,30,31). The van der Waals surface area contributed by atoms with E-state index in [1.54, 1.807) is 18.2 Å². The fraction of sp³-hybridized carbons (Fsp3) is 0.0769. The van der Waals surface area contributed by atoms with Crippen molar-refractivity contribution < 1.29 is 13.2 Å². The maximum absolute atomic E-state index is 12.5. The lowest BCUT2D eigenvalue weighted by Crippen LogP contribution is -2.15. The molecule has 6 nitrogen and oxygen atoms in total. The Labute approximate surface area is 194 Å². The topological polar surface area (TPSA) is 93.5 Å². The van der Waals surface area contributed by atoms with Gasteiger partial charge >= 0.3 is 0 Å². The molecule has 33 heavy (non-hydrogen) atoms. The summed E-state index contributed by atoms with van der Waals surface area (Å²) in [6.45, 7) is 0.907. The molecule has 4 aromatic carbocycles. The van der Waals surface area contributed by atoms with Crippen LogP contribution in [-0.2, 0) is 23.1 Å². The number of anilines is 2. The van der Waals surface area contributed by atoms with Crippen LogP contribution in [0.5, 0.6) is 11.5 Å². The fourth-order valence-electron chi connectivity index (χ4n) is 3.37. The van der Waals surface area contributed by atoms with Gasteiger partial charge in [0.25, 0.3) is 0 Å². The van der Waals surface area contributed by atoms with Crippen LogP contribution in [0.4, 0.5) is 11.4 Å². The number of nitrogens with two attached hydrogens (primary N) is 1. The second-order valence-corrected chi connectivity index (χ2v) is 9.02. The Hall–Kier alpha value is -3.81. The zero-order chi connectivity index (χ0) is 23.1. The Morgan fingerprint density at radius 3 is 1.91 bits per heavy atom. The van der Waals surface area contributed by atoms with Crippen LogP contribution >= 0.6 is 0 Å². The van der Waals surface area contributed by atoms with E-state index in [1.165, 1.54) is 0 Å². The Bertz CT molecular complexity index is 1300. The minimum absolute atomic E-state index is 0.0747. The molecule has 0 spiro atoms. The third-order valence-electron chi connectivity index (χ3n) is 4.98. The minimum atomic E-state index is -4.06. The van der Waals surface area contributed by atoms with Crippen molar-refractivity contribution in [2.75, 3.05) is 10.6 Å². The molecule has 0 atom stereocenters. The molecular formula is C26H25N3O3S. The van der Waals surface area contributed by atoms with Gasteiger partial charge in [0, 0.05) is 18.8 Å². The Kier molecular flexibility index (Phi) is 6.92. The monoisotopic (exact) mass is 459 g/mol. The minimum Gasteiger partial charge on any atom is -0.454 e. The van der Waals surface area contributed by atoms with E-state index in [-0.39, 0.29) is 10.6 Å². The second kappa shape index (κ2) is 10.2. The fourth-order valence-corrected chi connectivity index (χ4v) is 4.09. The zero-order valence-corrected chi connectivity index (χ0v) is 18.8. The average Bonchev–Trinajstić information content (AvgIpc) is 2.83. The number of para-hydroxylation sites is 2. The number of rotatable bonds is 9. The Morgan fingerprint density at radius 2 is 1.27 bits per heavy atom. The normalized spacial score (nSPS) is 11.1. The molecule has 7 heteroatoms. The number of hydrogen-bond acceptors (Lipinski definition) is 5. The molecule has 168 valence electrons. The van der Waals surface area contributed by atoms with E-state index in [4.69, 9.17) is 9.88 Å². The summed E-state index contributed by atoms with van der Waals surface area (Å²) < 4.78 is 31.1. The molecule has 0 bridgehead atoms. The van der Waals surface area contributed by atoms with Gasteiger partial charge in [0.05, 0.1) is 5.69 Å². The summed E-state index contributed by atoms with van der Waals surface area (Å²) in [4.78, 5) is -0.0747. The molecule has 0 heterocycles. The maximum Gasteiger partial charge on any atom is 0.241 e. The molecule has 4 aromatic rings.